The molecule has 0 aliphatic carbocycles. The van der Waals surface area contributed by atoms with Gasteiger partial charge in [-0.05, 0) is 36.2 Å². The van der Waals surface area contributed by atoms with E-state index in [0.717, 1.165) is 35.9 Å². The number of carbonyl (C=O) groups excluding carboxylic acids is 2. The zero-order valence-electron chi connectivity index (χ0n) is 15.5. The summed E-state index contributed by atoms with van der Waals surface area (Å²) in [4.78, 5) is 26.0. The van der Waals surface area contributed by atoms with Crippen LogP contribution < -0.4 is 5.32 Å². The van der Waals surface area contributed by atoms with E-state index in [-0.39, 0.29) is 24.1 Å². The number of nitrogens with one attached hydrogen (secondary N) is 1. The van der Waals surface area contributed by atoms with Crippen molar-refractivity contribution in [2.45, 2.75) is 24.4 Å². The Morgan fingerprint density at radius 1 is 1.11 bits per heavy atom. The number of carbonyl (C=O) groups is 2. The minimum Gasteiger partial charge on any atom is -0.336 e. The highest BCUT2D eigenvalue weighted by Crippen LogP contribution is 2.31. The van der Waals surface area contributed by atoms with Gasteiger partial charge in [-0.2, -0.15) is 13.2 Å². The Morgan fingerprint density at radius 2 is 1.82 bits per heavy atom. The topological polar surface area (TPSA) is 49.4 Å². The average Bonchev–Trinajstić information content (AvgIpc) is 2.66. The predicted molar refractivity (Wildman–Crippen MR) is 104 cm³/mol. The summed E-state index contributed by atoms with van der Waals surface area (Å²) in [5.74, 6) is -0.737. The lowest BCUT2D eigenvalue weighted by molar-refractivity contribution is -0.137. The second-order valence-electron chi connectivity index (χ2n) is 6.12. The number of para-hydroxylation sites is 1. The molecule has 150 valence electrons. The number of amides is 2. The van der Waals surface area contributed by atoms with Crippen molar-refractivity contribution in [3.8, 4) is 0 Å². The minimum atomic E-state index is -4.43. The Hall–Kier alpha value is -2.48. The molecule has 8 heteroatoms. The van der Waals surface area contributed by atoms with Crippen molar-refractivity contribution in [2.75, 3.05) is 24.7 Å². The van der Waals surface area contributed by atoms with E-state index in [4.69, 9.17) is 0 Å². The average molecular weight is 410 g/mol. The number of anilines is 1. The van der Waals surface area contributed by atoms with Gasteiger partial charge >= 0.3 is 6.18 Å². The molecule has 4 nitrogen and oxygen atoms in total. The Morgan fingerprint density at radius 3 is 2.50 bits per heavy atom. The van der Waals surface area contributed by atoms with Crippen molar-refractivity contribution in [1.29, 1.82) is 0 Å². The zero-order chi connectivity index (χ0) is 20.7. The number of halogens is 3. The SMILES string of the molecule is CCc1ccccc1NC(=O)CN(C)C(=O)CSc1cccc(C(F)(F)F)c1. The second kappa shape index (κ2) is 9.64. The minimum absolute atomic E-state index is 0.0589. The molecular formula is C20H21F3N2O2S. The van der Waals surface area contributed by atoms with E-state index in [1.165, 1.54) is 24.1 Å². The van der Waals surface area contributed by atoms with Gasteiger partial charge in [0.2, 0.25) is 11.8 Å². The summed E-state index contributed by atoms with van der Waals surface area (Å²) in [6, 6.07) is 12.2. The van der Waals surface area contributed by atoms with Gasteiger partial charge < -0.3 is 10.2 Å². The Bertz CT molecular complexity index is 840. The third-order valence-electron chi connectivity index (χ3n) is 4.00. The van der Waals surface area contributed by atoms with Crippen LogP contribution in [0.5, 0.6) is 0 Å². The van der Waals surface area contributed by atoms with Crippen LogP contribution in [0.2, 0.25) is 0 Å². The third-order valence-corrected chi connectivity index (χ3v) is 4.98. The van der Waals surface area contributed by atoms with Crippen molar-refractivity contribution in [3.05, 3.63) is 59.7 Å². The molecule has 2 rings (SSSR count). The Kier molecular flexibility index (Phi) is 7.51. The number of hydrogen-bond donors (Lipinski definition) is 1. The molecule has 2 aromatic rings. The predicted octanol–water partition coefficient (Wildman–Crippen LogP) is 4.46. The monoisotopic (exact) mass is 410 g/mol. The molecule has 0 fully saturated rings. The molecule has 0 radical (unpaired) electrons. The fourth-order valence-corrected chi connectivity index (χ4v) is 3.36. The lowest BCUT2D eigenvalue weighted by Crippen LogP contribution is -2.36. The normalized spacial score (nSPS) is 11.2. The van der Waals surface area contributed by atoms with E-state index in [1.54, 1.807) is 6.07 Å². The van der Waals surface area contributed by atoms with Crippen molar-refractivity contribution in [1.82, 2.24) is 4.90 Å². The third kappa shape index (κ3) is 6.30. The maximum Gasteiger partial charge on any atom is 0.416 e. The number of hydrogen-bond acceptors (Lipinski definition) is 3. The highest BCUT2D eigenvalue weighted by atomic mass is 32.2. The number of benzene rings is 2. The molecule has 0 bridgehead atoms. The summed E-state index contributed by atoms with van der Waals surface area (Å²) in [5, 5.41) is 2.78. The molecule has 2 amide bonds. The lowest BCUT2D eigenvalue weighted by atomic mass is 10.1. The second-order valence-corrected chi connectivity index (χ2v) is 7.17. The van der Waals surface area contributed by atoms with Crippen LogP contribution in [0.4, 0.5) is 18.9 Å². The van der Waals surface area contributed by atoms with E-state index in [1.807, 2.05) is 25.1 Å². The summed E-state index contributed by atoms with van der Waals surface area (Å²) in [6.45, 7) is 1.84. The van der Waals surface area contributed by atoms with Gasteiger partial charge in [-0.25, -0.2) is 0 Å². The van der Waals surface area contributed by atoms with Crippen LogP contribution in [0.25, 0.3) is 0 Å². The van der Waals surface area contributed by atoms with E-state index < -0.39 is 11.7 Å². The van der Waals surface area contributed by atoms with Crippen LogP contribution in [0.15, 0.2) is 53.4 Å². The Labute approximate surface area is 166 Å². The molecule has 0 aromatic heterocycles. The molecule has 0 unspecified atom stereocenters. The number of likely N-dealkylation sites (N-methyl/N-ethyl adjacent to an activating group) is 1. The number of aryl methyl sites for hydroxylation is 1. The first-order chi connectivity index (χ1) is 13.2. The molecule has 0 saturated carbocycles. The summed E-state index contributed by atoms with van der Waals surface area (Å²) in [6.07, 6.45) is -3.66. The molecule has 0 saturated heterocycles. The molecule has 0 aliphatic rings. The number of rotatable bonds is 7. The fraction of sp³-hybridized carbons (Fsp3) is 0.300. The first-order valence-corrected chi connectivity index (χ1v) is 9.61. The Balaban J connectivity index is 1.88. The molecule has 0 aliphatic heterocycles. The summed E-state index contributed by atoms with van der Waals surface area (Å²) in [5.41, 5.74) is 0.936. The largest absolute Gasteiger partial charge is 0.416 e. The zero-order valence-corrected chi connectivity index (χ0v) is 16.4. The van der Waals surface area contributed by atoms with Crippen molar-refractivity contribution >= 4 is 29.3 Å². The quantitative estimate of drug-likeness (QED) is 0.686. The summed E-state index contributed by atoms with van der Waals surface area (Å²) < 4.78 is 38.2. The van der Waals surface area contributed by atoms with Gasteiger partial charge in [0.15, 0.2) is 0 Å². The molecule has 0 heterocycles. The lowest BCUT2D eigenvalue weighted by Gasteiger charge is -2.17. The highest BCUT2D eigenvalue weighted by Gasteiger charge is 2.30. The van der Waals surface area contributed by atoms with Crippen LogP contribution >= 0.6 is 11.8 Å². The first-order valence-electron chi connectivity index (χ1n) is 8.62. The molecule has 0 spiro atoms. The summed E-state index contributed by atoms with van der Waals surface area (Å²) in [7, 11) is 1.49. The van der Waals surface area contributed by atoms with Gasteiger partial charge in [-0.1, -0.05) is 31.2 Å². The van der Waals surface area contributed by atoms with Crippen LogP contribution in [0.3, 0.4) is 0 Å². The summed E-state index contributed by atoms with van der Waals surface area (Å²) >= 11 is 1.00. The fourth-order valence-electron chi connectivity index (χ4n) is 2.46. The smallest absolute Gasteiger partial charge is 0.336 e. The van der Waals surface area contributed by atoms with E-state index >= 15 is 0 Å². The molecular weight excluding hydrogens is 389 g/mol. The first kappa shape index (κ1) is 21.8. The van der Waals surface area contributed by atoms with Gasteiger partial charge in [-0.3, -0.25) is 9.59 Å². The molecule has 1 N–H and O–H groups in total. The van der Waals surface area contributed by atoms with Gasteiger partial charge in [0.25, 0.3) is 0 Å². The van der Waals surface area contributed by atoms with Crippen molar-refractivity contribution < 1.29 is 22.8 Å². The van der Waals surface area contributed by atoms with Crippen LogP contribution in [-0.4, -0.2) is 36.1 Å². The number of thioether (sulfide) groups is 1. The van der Waals surface area contributed by atoms with Crippen LogP contribution in [-0.2, 0) is 22.2 Å². The maximum absolute atomic E-state index is 12.7. The van der Waals surface area contributed by atoms with Gasteiger partial charge in [0.05, 0.1) is 17.9 Å². The van der Waals surface area contributed by atoms with Gasteiger partial charge in [0, 0.05) is 17.6 Å². The van der Waals surface area contributed by atoms with Crippen molar-refractivity contribution in [2.24, 2.45) is 0 Å². The molecule has 28 heavy (non-hydrogen) atoms. The maximum atomic E-state index is 12.7. The van der Waals surface area contributed by atoms with Crippen molar-refractivity contribution in [3.63, 3.8) is 0 Å². The van der Waals surface area contributed by atoms with E-state index in [9.17, 15) is 22.8 Å². The van der Waals surface area contributed by atoms with E-state index in [0.29, 0.717) is 10.6 Å². The number of alkyl halides is 3. The molecule has 2 aromatic carbocycles. The molecule has 0 atom stereocenters. The van der Waals surface area contributed by atoms with Gasteiger partial charge in [-0.15, -0.1) is 11.8 Å². The highest BCUT2D eigenvalue weighted by molar-refractivity contribution is 8.00. The number of nitrogens with zero attached hydrogens (tertiary/aromatic N) is 1. The van der Waals surface area contributed by atoms with E-state index in [2.05, 4.69) is 5.32 Å². The van der Waals surface area contributed by atoms with Gasteiger partial charge in [0.1, 0.15) is 0 Å². The van der Waals surface area contributed by atoms with Crippen LogP contribution in [0.1, 0.15) is 18.1 Å². The van der Waals surface area contributed by atoms with Crippen LogP contribution in [0, 0.1) is 0 Å². The standard InChI is InChI=1S/C20H21F3N2O2S/c1-3-14-7-4-5-10-17(14)24-18(26)12-25(2)19(27)13-28-16-9-6-8-15(11-16)20(21,22)23/h4-11H,3,12-13H2,1-2H3,(H,24,26).